The minimum Gasteiger partial charge on any atom is -0.372 e. The lowest BCUT2D eigenvalue weighted by atomic mass is 9.95. The van der Waals surface area contributed by atoms with Crippen molar-refractivity contribution in [2.75, 3.05) is 19.5 Å². The topological polar surface area (TPSA) is 47.0 Å². The fourth-order valence-corrected chi connectivity index (χ4v) is 3.11. The second-order valence-electron chi connectivity index (χ2n) is 5.02. The molecule has 0 saturated heterocycles. The maximum atomic E-state index is 5.75. The molecule has 1 saturated carbocycles. The summed E-state index contributed by atoms with van der Waals surface area (Å²) in [5, 5.41) is 3.15. The fraction of sp³-hybridized carbons (Fsp3) is 0.714. The first kappa shape index (κ1) is 14.7. The molecule has 0 atom stereocenters. The molecule has 0 bridgehead atoms. The van der Waals surface area contributed by atoms with E-state index in [4.69, 9.17) is 9.72 Å². The monoisotopic (exact) mass is 327 g/mol. The summed E-state index contributed by atoms with van der Waals surface area (Å²) in [6.07, 6.45) is 4.18. The van der Waals surface area contributed by atoms with Crippen LogP contribution in [0.3, 0.4) is 0 Å². The fourth-order valence-electron chi connectivity index (χ4n) is 2.41. The molecule has 1 aliphatic carbocycles. The highest BCUT2D eigenvalue weighted by Gasteiger charge is 2.35. The first-order valence-electron chi connectivity index (χ1n) is 6.92. The molecule has 1 aromatic rings. The third-order valence-corrected chi connectivity index (χ3v) is 4.80. The molecule has 0 spiro atoms. The van der Waals surface area contributed by atoms with Crippen molar-refractivity contribution in [2.24, 2.45) is 0 Å². The predicted molar refractivity (Wildman–Crippen MR) is 80.5 cm³/mol. The number of rotatable bonds is 6. The molecule has 0 unspecified atom stereocenters. The summed E-state index contributed by atoms with van der Waals surface area (Å²) in [5.74, 6) is 2.23. The smallest absolute Gasteiger partial charge is 0.162 e. The van der Waals surface area contributed by atoms with Gasteiger partial charge in [-0.2, -0.15) is 0 Å². The molecule has 0 radical (unpaired) electrons. The Morgan fingerprint density at radius 2 is 1.95 bits per heavy atom. The molecule has 5 heteroatoms. The molecule has 4 nitrogen and oxygen atoms in total. The van der Waals surface area contributed by atoms with Crippen molar-refractivity contribution in [1.29, 1.82) is 0 Å². The second-order valence-corrected chi connectivity index (χ2v) is 5.82. The molecule has 1 N–H and O–H groups in total. The molecule has 1 heterocycles. The third-order valence-electron chi connectivity index (χ3n) is 4.02. The zero-order valence-corrected chi connectivity index (χ0v) is 13.7. The van der Waals surface area contributed by atoms with Crippen LogP contribution >= 0.6 is 15.9 Å². The predicted octanol–water partition coefficient (Wildman–Crippen LogP) is 3.82. The van der Waals surface area contributed by atoms with E-state index in [2.05, 4.69) is 40.1 Å². The van der Waals surface area contributed by atoms with Crippen LogP contribution in [0.2, 0.25) is 0 Å². The summed E-state index contributed by atoms with van der Waals surface area (Å²) in [5.41, 5.74) is 0.744. The van der Waals surface area contributed by atoms with Crippen LogP contribution < -0.4 is 5.32 Å². The number of ether oxygens (including phenoxy) is 1. The number of anilines is 1. The van der Waals surface area contributed by atoms with Crippen molar-refractivity contribution in [1.82, 2.24) is 9.97 Å². The molecule has 19 heavy (non-hydrogen) atoms. The lowest BCUT2D eigenvalue weighted by molar-refractivity contribution is -0.0292. The first-order valence-corrected chi connectivity index (χ1v) is 7.72. The van der Waals surface area contributed by atoms with Gasteiger partial charge in [0.25, 0.3) is 0 Å². The van der Waals surface area contributed by atoms with Crippen molar-refractivity contribution in [3.05, 3.63) is 16.0 Å². The molecule has 106 valence electrons. The SMILES string of the molecule is CCC(CC)(OC)c1nc(NC)c(Br)c(C2CC2)n1. The summed E-state index contributed by atoms with van der Waals surface area (Å²) >= 11 is 3.62. The first-order chi connectivity index (χ1) is 9.11. The van der Waals surface area contributed by atoms with Crippen LogP contribution in [0.5, 0.6) is 0 Å². The van der Waals surface area contributed by atoms with Crippen molar-refractivity contribution in [2.45, 2.75) is 51.0 Å². The van der Waals surface area contributed by atoms with E-state index in [0.29, 0.717) is 5.92 Å². The van der Waals surface area contributed by atoms with Crippen LogP contribution in [0.15, 0.2) is 4.47 Å². The number of nitrogens with zero attached hydrogens (tertiary/aromatic N) is 2. The molecule has 0 aliphatic heterocycles. The molecule has 1 aliphatic rings. The minimum absolute atomic E-state index is 0.379. The molecule has 1 fully saturated rings. The highest BCUT2D eigenvalue weighted by molar-refractivity contribution is 9.10. The Balaban J connectivity index is 2.53. The second kappa shape index (κ2) is 5.75. The number of nitrogens with one attached hydrogen (secondary N) is 1. The zero-order valence-electron chi connectivity index (χ0n) is 12.1. The lowest BCUT2D eigenvalue weighted by Gasteiger charge is -2.29. The summed E-state index contributed by atoms with van der Waals surface area (Å²) in [4.78, 5) is 9.46. The quantitative estimate of drug-likeness (QED) is 0.862. The van der Waals surface area contributed by atoms with Crippen LogP contribution in [0.4, 0.5) is 5.82 Å². The maximum absolute atomic E-state index is 5.75. The summed E-state index contributed by atoms with van der Waals surface area (Å²) < 4.78 is 6.75. The molecule has 1 aromatic heterocycles. The van der Waals surface area contributed by atoms with Gasteiger partial charge in [0.05, 0.1) is 10.2 Å². The van der Waals surface area contributed by atoms with Gasteiger partial charge in [-0.1, -0.05) is 13.8 Å². The van der Waals surface area contributed by atoms with E-state index < -0.39 is 0 Å². The van der Waals surface area contributed by atoms with Gasteiger partial charge < -0.3 is 10.1 Å². The van der Waals surface area contributed by atoms with Crippen molar-refractivity contribution in [3.8, 4) is 0 Å². The third kappa shape index (κ3) is 2.63. The molecule has 0 aromatic carbocycles. The van der Waals surface area contributed by atoms with E-state index in [9.17, 15) is 0 Å². The van der Waals surface area contributed by atoms with Crippen LogP contribution in [-0.2, 0) is 10.3 Å². The average molecular weight is 328 g/mol. The molecule has 2 rings (SSSR count). The van der Waals surface area contributed by atoms with Gasteiger partial charge in [0.1, 0.15) is 11.4 Å². The highest BCUT2D eigenvalue weighted by Crippen LogP contribution is 2.45. The Morgan fingerprint density at radius 3 is 2.37 bits per heavy atom. The van der Waals surface area contributed by atoms with Crippen molar-refractivity contribution >= 4 is 21.7 Å². The Bertz CT molecular complexity index is 448. The number of methoxy groups -OCH3 is 1. The van der Waals surface area contributed by atoms with Gasteiger partial charge in [0.2, 0.25) is 0 Å². The van der Waals surface area contributed by atoms with E-state index >= 15 is 0 Å². The van der Waals surface area contributed by atoms with E-state index in [1.165, 1.54) is 12.8 Å². The summed E-state index contributed by atoms with van der Waals surface area (Å²) in [6.45, 7) is 4.24. The van der Waals surface area contributed by atoms with Crippen LogP contribution in [0.25, 0.3) is 0 Å². The van der Waals surface area contributed by atoms with Gasteiger partial charge in [0, 0.05) is 20.1 Å². The Labute approximate surface area is 123 Å². The van der Waals surface area contributed by atoms with Gasteiger partial charge in [-0.3, -0.25) is 0 Å². The zero-order chi connectivity index (χ0) is 14.0. The van der Waals surface area contributed by atoms with E-state index in [1.807, 2.05) is 7.05 Å². The molecular formula is C14H22BrN3O. The number of hydrogen-bond acceptors (Lipinski definition) is 4. The minimum atomic E-state index is -0.379. The standard InChI is InChI=1S/C14H22BrN3O/c1-5-14(6-2,19-4)13-17-11(9-7-8-9)10(15)12(16-3)18-13/h9H,5-8H2,1-4H3,(H,16,17,18). The number of aromatic nitrogens is 2. The van der Waals surface area contributed by atoms with E-state index in [-0.39, 0.29) is 5.60 Å². The van der Waals surface area contributed by atoms with Gasteiger partial charge in [-0.05, 0) is 41.6 Å². The van der Waals surface area contributed by atoms with Crippen LogP contribution in [0.1, 0.15) is 57.0 Å². The van der Waals surface area contributed by atoms with Crippen LogP contribution in [-0.4, -0.2) is 24.1 Å². The largest absolute Gasteiger partial charge is 0.372 e. The summed E-state index contributed by atoms with van der Waals surface area (Å²) in [7, 11) is 3.63. The Kier molecular flexibility index (Phi) is 4.46. The lowest BCUT2D eigenvalue weighted by Crippen LogP contribution is -2.30. The van der Waals surface area contributed by atoms with Crippen molar-refractivity contribution in [3.63, 3.8) is 0 Å². The van der Waals surface area contributed by atoms with E-state index in [1.54, 1.807) is 7.11 Å². The highest BCUT2D eigenvalue weighted by atomic mass is 79.9. The molecular weight excluding hydrogens is 306 g/mol. The normalized spacial score (nSPS) is 15.6. The van der Waals surface area contributed by atoms with Gasteiger partial charge in [-0.25, -0.2) is 9.97 Å². The number of hydrogen-bond donors (Lipinski definition) is 1. The Morgan fingerprint density at radius 1 is 1.32 bits per heavy atom. The molecule has 0 amide bonds. The average Bonchev–Trinajstić information content (AvgIpc) is 3.27. The Hall–Kier alpha value is -0.680. The van der Waals surface area contributed by atoms with Gasteiger partial charge in [0.15, 0.2) is 5.82 Å². The van der Waals surface area contributed by atoms with E-state index in [0.717, 1.165) is 34.7 Å². The maximum Gasteiger partial charge on any atom is 0.162 e. The van der Waals surface area contributed by atoms with Gasteiger partial charge in [-0.15, -0.1) is 0 Å². The van der Waals surface area contributed by atoms with Gasteiger partial charge >= 0.3 is 0 Å². The number of halogens is 1. The van der Waals surface area contributed by atoms with Crippen LogP contribution in [0, 0.1) is 0 Å². The summed E-state index contributed by atoms with van der Waals surface area (Å²) in [6, 6.07) is 0. The van der Waals surface area contributed by atoms with Crippen molar-refractivity contribution < 1.29 is 4.74 Å².